The fourth-order valence-corrected chi connectivity index (χ4v) is 5.06. The molecule has 0 aliphatic carbocycles. The Labute approximate surface area is 228 Å². The van der Waals surface area contributed by atoms with Crippen LogP contribution in [-0.2, 0) is 0 Å². The Morgan fingerprint density at radius 3 is 2.34 bits per heavy atom. The van der Waals surface area contributed by atoms with Gasteiger partial charge in [-0.15, -0.1) is 0 Å². The van der Waals surface area contributed by atoms with Crippen molar-refractivity contribution < 1.29 is 0 Å². The first-order valence-electron chi connectivity index (χ1n) is 12.7. The van der Waals surface area contributed by atoms with E-state index in [9.17, 15) is 0 Å². The summed E-state index contributed by atoms with van der Waals surface area (Å²) in [5, 5.41) is 8.73. The Morgan fingerprint density at radius 2 is 1.58 bits per heavy atom. The maximum absolute atomic E-state index is 6.41. The van der Waals surface area contributed by atoms with E-state index in [4.69, 9.17) is 26.7 Å². The maximum Gasteiger partial charge on any atom is 0.247 e. The molecule has 0 N–H and O–H groups in total. The molecule has 4 aromatic carbocycles. The Balaban J connectivity index is 1.53. The van der Waals surface area contributed by atoms with E-state index in [1.165, 1.54) is 11.1 Å². The molecule has 1 atom stereocenters. The predicted molar refractivity (Wildman–Crippen MR) is 158 cm³/mol. The van der Waals surface area contributed by atoms with Gasteiger partial charge in [-0.1, -0.05) is 83.9 Å². The Morgan fingerprint density at radius 1 is 0.816 bits per heavy atom. The lowest BCUT2D eigenvalue weighted by Gasteiger charge is -2.23. The summed E-state index contributed by atoms with van der Waals surface area (Å²) in [7, 11) is 4.10. The largest absolute Gasteiger partial charge is 0.378 e. The molecule has 6 rings (SSSR count). The quantitative estimate of drug-likeness (QED) is 0.240. The highest BCUT2D eigenvalue weighted by Gasteiger charge is 2.32. The number of benzene rings is 4. The van der Waals surface area contributed by atoms with Crippen molar-refractivity contribution in [1.82, 2.24) is 9.97 Å². The second kappa shape index (κ2) is 9.92. The molecule has 0 saturated carbocycles. The van der Waals surface area contributed by atoms with Crippen molar-refractivity contribution in [1.29, 1.82) is 0 Å². The number of anilines is 2. The summed E-state index contributed by atoms with van der Waals surface area (Å²) in [6, 6.07) is 33.1. The van der Waals surface area contributed by atoms with Gasteiger partial charge in [-0.3, -0.25) is 0 Å². The van der Waals surface area contributed by atoms with Gasteiger partial charge >= 0.3 is 0 Å². The first-order valence-corrected chi connectivity index (χ1v) is 13.1. The van der Waals surface area contributed by atoms with Crippen molar-refractivity contribution >= 4 is 39.9 Å². The summed E-state index contributed by atoms with van der Waals surface area (Å²) in [5.74, 6) is 0.558. The molecule has 2 heterocycles. The maximum atomic E-state index is 6.41. The third-order valence-electron chi connectivity index (χ3n) is 6.97. The second-order valence-corrected chi connectivity index (χ2v) is 10.3. The highest BCUT2D eigenvalue weighted by Crippen LogP contribution is 2.38. The second-order valence-electron chi connectivity index (χ2n) is 9.87. The third kappa shape index (κ3) is 4.61. The predicted octanol–water partition coefficient (Wildman–Crippen LogP) is 7.68. The third-order valence-corrected chi connectivity index (χ3v) is 7.20. The van der Waals surface area contributed by atoms with Crippen LogP contribution < -0.4 is 9.91 Å². The van der Waals surface area contributed by atoms with Crippen LogP contribution in [0.1, 0.15) is 29.2 Å². The first-order chi connectivity index (χ1) is 18.5. The van der Waals surface area contributed by atoms with E-state index in [-0.39, 0.29) is 6.04 Å². The lowest BCUT2D eigenvalue weighted by Crippen LogP contribution is -2.21. The molecule has 1 unspecified atom stereocenters. The number of hydrazone groups is 1. The number of nitrogens with zero attached hydrogens (tertiary/aromatic N) is 5. The SMILES string of the molecule is Cc1ccc(C2CC(c3cccc(N(C)C)c3)=NN2c2nc(-c3ccccc3)c3ccc(Cl)cc3n2)cc1. The molecule has 0 amide bonds. The molecule has 38 heavy (non-hydrogen) atoms. The molecule has 0 radical (unpaired) electrons. The molecule has 188 valence electrons. The zero-order valence-corrected chi connectivity index (χ0v) is 22.4. The van der Waals surface area contributed by atoms with Crippen molar-refractivity contribution in [2.24, 2.45) is 5.10 Å². The summed E-state index contributed by atoms with van der Waals surface area (Å²) in [6.45, 7) is 2.10. The van der Waals surface area contributed by atoms with Crippen LogP contribution in [0.5, 0.6) is 0 Å². The van der Waals surface area contributed by atoms with Crippen LogP contribution in [0.2, 0.25) is 5.02 Å². The Kier molecular flexibility index (Phi) is 6.30. The van der Waals surface area contributed by atoms with Gasteiger partial charge < -0.3 is 4.90 Å². The number of aromatic nitrogens is 2. The fraction of sp³-hybridized carbons (Fsp3) is 0.156. The van der Waals surface area contributed by atoms with Crippen molar-refractivity contribution in [3.63, 3.8) is 0 Å². The van der Waals surface area contributed by atoms with Crippen molar-refractivity contribution in [2.45, 2.75) is 19.4 Å². The monoisotopic (exact) mass is 517 g/mol. The van der Waals surface area contributed by atoms with E-state index in [0.717, 1.165) is 45.5 Å². The van der Waals surface area contributed by atoms with E-state index < -0.39 is 0 Å². The Bertz CT molecular complexity index is 1640. The molecule has 0 fully saturated rings. The molecular weight excluding hydrogens is 490 g/mol. The number of halogens is 1. The van der Waals surface area contributed by atoms with E-state index in [2.05, 4.69) is 86.6 Å². The highest BCUT2D eigenvalue weighted by atomic mass is 35.5. The molecule has 5 nitrogen and oxygen atoms in total. The van der Waals surface area contributed by atoms with Gasteiger partial charge in [0.15, 0.2) is 0 Å². The van der Waals surface area contributed by atoms with Crippen molar-refractivity contribution in [3.05, 3.63) is 119 Å². The minimum Gasteiger partial charge on any atom is -0.378 e. The van der Waals surface area contributed by atoms with E-state index in [0.29, 0.717) is 11.0 Å². The lowest BCUT2D eigenvalue weighted by atomic mass is 9.97. The molecule has 0 saturated heterocycles. The lowest BCUT2D eigenvalue weighted by molar-refractivity contribution is 0.689. The minimum absolute atomic E-state index is 0.0335. The summed E-state index contributed by atoms with van der Waals surface area (Å²) in [5.41, 5.74) is 8.33. The van der Waals surface area contributed by atoms with Crippen LogP contribution in [0.4, 0.5) is 11.6 Å². The zero-order valence-electron chi connectivity index (χ0n) is 21.6. The number of fused-ring (bicyclic) bond motifs is 1. The van der Waals surface area contributed by atoms with E-state index >= 15 is 0 Å². The molecule has 6 heteroatoms. The summed E-state index contributed by atoms with van der Waals surface area (Å²) in [4.78, 5) is 12.2. The Hall–Kier alpha value is -4.22. The van der Waals surface area contributed by atoms with Gasteiger partial charge in [-0.2, -0.15) is 5.10 Å². The molecule has 1 aliphatic heterocycles. The zero-order chi connectivity index (χ0) is 26.2. The highest BCUT2D eigenvalue weighted by molar-refractivity contribution is 6.31. The van der Waals surface area contributed by atoms with Crippen LogP contribution in [0.25, 0.3) is 22.2 Å². The standard InChI is InChI=1S/C32H28ClN5/c1-21-12-14-22(15-13-21)30-20-28(24-10-7-11-26(18-24)37(2)3)36-38(30)32-34-29-19-25(33)16-17-27(29)31(35-32)23-8-5-4-6-9-23/h4-19,30H,20H2,1-3H3. The van der Waals surface area contributed by atoms with E-state index in [1.54, 1.807) is 0 Å². The average molecular weight is 518 g/mol. The van der Waals surface area contributed by atoms with Crippen LogP contribution in [0.3, 0.4) is 0 Å². The normalized spacial score (nSPS) is 15.1. The number of aryl methyl sites for hydroxylation is 1. The smallest absolute Gasteiger partial charge is 0.247 e. The topological polar surface area (TPSA) is 44.6 Å². The summed E-state index contributed by atoms with van der Waals surface area (Å²) in [6.07, 6.45) is 0.748. The number of rotatable bonds is 5. The van der Waals surface area contributed by atoms with Gasteiger partial charge in [0, 0.05) is 42.2 Å². The van der Waals surface area contributed by atoms with Gasteiger partial charge in [0.1, 0.15) is 0 Å². The molecule has 5 aromatic rings. The fourth-order valence-electron chi connectivity index (χ4n) is 4.89. The molecule has 1 aliphatic rings. The van der Waals surface area contributed by atoms with Gasteiger partial charge in [0.2, 0.25) is 5.95 Å². The van der Waals surface area contributed by atoms with Crippen LogP contribution >= 0.6 is 11.6 Å². The molecule has 0 spiro atoms. The van der Waals surface area contributed by atoms with Gasteiger partial charge in [0.25, 0.3) is 0 Å². The number of hydrogen-bond acceptors (Lipinski definition) is 5. The average Bonchev–Trinajstić information content (AvgIpc) is 3.39. The van der Waals surface area contributed by atoms with Crippen LogP contribution in [0.15, 0.2) is 102 Å². The van der Waals surface area contributed by atoms with E-state index in [1.807, 2.05) is 41.4 Å². The van der Waals surface area contributed by atoms with Gasteiger partial charge in [0.05, 0.1) is 23.0 Å². The van der Waals surface area contributed by atoms with Crippen molar-refractivity contribution in [2.75, 3.05) is 24.0 Å². The van der Waals surface area contributed by atoms with Gasteiger partial charge in [-0.25, -0.2) is 15.0 Å². The summed E-state index contributed by atoms with van der Waals surface area (Å²) < 4.78 is 0. The molecular formula is C32H28ClN5. The van der Waals surface area contributed by atoms with Crippen LogP contribution in [0, 0.1) is 6.92 Å². The van der Waals surface area contributed by atoms with Gasteiger partial charge in [-0.05, 0) is 48.4 Å². The van der Waals surface area contributed by atoms with Crippen molar-refractivity contribution in [3.8, 4) is 11.3 Å². The molecule has 0 bridgehead atoms. The van der Waals surface area contributed by atoms with Crippen LogP contribution in [-0.4, -0.2) is 29.8 Å². The first kappa shape index (κ1) is 24.1. The molecule has 1 aromatic heterocycles. The number of hydrogen-bond donors (Lipinski definition) is 0. The minimum atomic E-state index is -0.0335. The summed E-state index contributed by atoms with van der Waals surface area (Å²) >= 11 is 6.41.